The largest absolute Gasteiger partial charge is 0.444 e. The van der Waals surface area contributed by atoms with E-state index in [1.165, 1.54) is 11.0 Å². The molecule has 1 amide bonds. The first-order chi connectivity index (χ1) is 12.0. The van der Waals surface area contributed by atoms with Crippen LogP contribution < -0.4 is 0 Å². The summed E-state index contributed by atoms with van der Waals surface area (Å²) in [5.74, 6) is -0.313. The Labute approximate surface area is 150 Å². The van der Waals surface area contributed by atoms with Crippen molar-refractivity contribution in [1.82, 2.24) is 4.90 Å². The molecule has 26 heavy (non-hydrogen) atoms. The number of hydrogen-bond acceptors (Lipinski definition) is 3. The summed E-state index contributed by atoms with van der Waals surface area (Å²) in [5.41, 5.74) is -0.192. The number of likely N-dealkylation sites (tertiary alicyclic amines) is 1. The van der Waals surface area contributed by atoms with Crippen LogP contribution in [0.4, 0.5) is 18.0 Å². The normalized spacial score (nSPS) is 22.6. The Morgan fingerprint density at radius 1 is 1.31 bits per heavy atom. The van der Waals surface area contributed by atoms with Gasteiger partial charge in [0.25, 0.3) is 0 Å². The standard InChI is InChI=1S/C19H22F3NO3/c1-5-11-6-12-13-8-23(17(24)26-18(2,3)4)9-16(13)25-10-14(12)15(7-11)19(20,21)22/h5-7,13,16H,1,8-10H2,2-4H3. The van der Waals surface area contributed by atoms with Gasteiger partial charge in [-0.25, -0.2) is 4.79 Å². The molecule has 0 saturated carbocycles. The van der Waals surface area contributed by atoms with E-state index < -0.39 is 23.4 Å². The number of halogens is 3. The number of benzene rings is 1. The summed E-state index contributed by atoms with van der Waals surface area (Å²) in [6.45, 7) is 9.35. The van der Waals surface area contributed by atoms with Gasteiger partial charge in [0, 0.05) is 12.5 Å². The van der Waals surface area contributed by atoms with Crippen LogP contribution in [0.15, 0.2) is 18.7 Å². The second kappa shape index (κ2) is 6.30. The van der Waals surface area contributed by atoms with Gasteiger partial charge < -0.3 is 14.4 Å². The Kier molecular flexibility index (Phi) is 4.55. The lowest BCUT2D eigenvalue weighted by Crippen LogP contribution is -2.36. The molecule has 0 bridgehead atoms. The molecule has 142 valence electrons. The summed E-state index contributed by atoms with van der Waals surface area (Å²) in [5, 5.41) is 0. The van der Waals surface area contributed by atoms with Crippen molar-refractivity contribution in [2.24, 2.45) is 0 Å². The summed E-state index contributed by atoms with van der Waals surface area (Å²) >= 11 is 0. The average Bonchev–Trinajstić information content (AvgIpc) is 2.96. The van der Waals surface area contributed by atoms with Crippen molar-refractivity contribution in [1.29, 1.82) is 0 Å². The quantitative estimate of drug-likeness (QED) is 0.727. The van der Waals surface area contributed by atoms with Gasteiger partial charge in [-0.15, -0.1) is 0 Å². The van der Waals surface area contributed by atoms with Crippen LogP contribution >= 0.6 is 0 Å². The van der Waals surface area contributed by atoms with Crippen LogP contribution in [0.5, 0.6) is 0 Å². The summed E-state index contributed by atoms with van der Waals surface area (Å²) < 4.78 is 51.4. The minimum atomic E-state index is -4.47. The van der Waals surface area contributed by atoms with E-state index in [1.54, 1.807) is 26.8 Å². The molecule has 3 rings (SSSR count). The van der Waals surface area contributed by atoms with E-state index in [9.17, 15) is 18.0 Å². The van der Waals surface area contributed by atoms with Crippen molar-refractivity contribution in [3.63, 3.8) is 0 Å². The maximum absolute atomic E-state index is 13.5. The van der Waals surface area contributed by atoms with E-state index in [-0.39, 0.29) is 30.7 Å². The molecule has 1 aromatic carbocycles. The molecular weight excluding hydrogens is 347 g/mol. The van der Waals surface area contributed by atoms with Crippen LogP contribution in [0.25, 0.3) is 6.08 Å². The first-order valence-corrected chi connectivity index (χ1v) is 8.45. The molecule has 0 N–H and O–H groups in total. The lowest BCUT2D eigenvalue weighted by Gasteiger charge is -2.30. The van der Waals surface area contributed by atoms with E-state index in [2.05, 4.69) is 6.58 Å². The predicted octanol–water partition coefficient (Wildman–Crippen LogP) is 4.58. The van der Waals surface area contributed by atoms with Gasteiger partial charge in [-0.1, -0.05) is 18.7 Å². The van der Waals surface area contributed by atoms with Crippen LogP contribution in [0.2, 0.25) is 0 Å². The molecular formula is C19H22F3NO3. The molecule has 2 atom stereocenters. The smallest absolute Gasteiger partial charge is 0.416 e. The lowest BCUT2D eigenvalue weighted by atomic mass is 9.85. The molecule has 0 radical (unpaired) electrons. The first-order valence-electron chi connectivity index (χ1n) is 8.45. The van der Waals surface area contributed by atoms with E-state index in [0.29, 0.717) is 17.7 Å². The van der Waals surface area contributed by atoms with Crippen molar-refractivity contribution < 1.29 is 27.4 Å². The monoisotopic (exact) mass is 369 g/mol. The fourth-order valence-corrected chi connectivity index (χ4v) is 3.49. The summed E-state index contributed by atoms with van der Waals surface area (Å²) in [6, 6.07) is 2.81. The molecule has 0 aromatic heterocycles. The zero-order valence-corrected chi connectivity index (χ0v) is 15.0. The van der Waals surface area contributed by atoms with Crippen molar-refractivity contribution >= 4 is 12.2 Å². The first kappa shape index (κ1) is 18.8. The number of amides is 1. The third kappa shape index (κ3) is 3.58. The molecule has 1 aromatic rings. The van der Waals surface area contributed by atoms with Gasteiger partial charge in [0.1, 0.15) is 5.60 Å². The van der Waals surface area contributed by atoms with E-state index in [1.807, 2.05) is 0 Å². The Hall–Kier alpha value is -2.02. The molecule has 4 nitrogen and oxygen atoms in total. The third-order valence-corrected chi connectivity index (χ3v) is 4.61. The number of rotatable bonds is 1. The van der Waals surface area contributed by atoms with E-state index >= 15 is 0 Å². The molecule has 0 spiro atoms. The molecule has 0 aliphatic carbocycles. The molecule has 1 saturated heterocycles. The Morgan fingerprint density at radius 3 is 2.58 bits per heavy atom. The van der Waals surface area contributed by atoms with Crippen molar-refractivity contribution in [3.8, 4) is 0 Å². The average molecular weight is 369 g/mol. The van der Waals surface area contributed by atoms with E-state index in [0.717, 1.165) is 6.07 Å². The van der Waals surface area contributed by atoms with Crippen LogP contribution in [0, 0.1) is 0 Å². The van der Waals surface area contributed by atoms with Gasteiger partial charge >= 0.3 is 12.3 Å². The minimum absolute atomic E-state index is 0.120. The topological polar surface area (TPSA) is 38.8 Å². The number of nitrogens with zero attached hydrogens (tertiary/aromatic N) is 1. The number of hydrogen-bond donors (Lipinski definition) is 0. The zero-order chi connectivity index (χ0) is 19.3. The highest BCUT2D eigenvalue weighted by Gasteiger charge is 2.45. The van der Waals surface area contributed by atoms with Crippen LogP contribution in [-0.2, 0) is 22.3 Å². The Morgan fingerprint density at radius 2 is 2.00 bits per heavy atom. The van der Waals surface area contributed by atoms with Crippen LogP contribution in [-0.4, -0.2) is 35.8 Å². The second-order valence-electron chi connectivity index (χ2n) is 7.68. The van der Waals surface area contributed by atoms with Gasteiger partial charge in [0.2, 0.25) is 0 Å². The van der Waals surface area contributed by atoms with Crippen molar-refractivity contribution in [2.75, 3.05) is 13.1 Å². The third-order valence-electron chi connectivity index (χ3n) is 4.61. The fourth-order valence-electron chi connectivity index (χ4n) is 3.49. The summed E-state index contributed by atoms with van der Waals surface area (Å²) in [6.07, 6.45) is -3.88. The summed E-state index contributed by atoms with van der Waals surface area (Å²) in [4.78, 5) is 13.8. The summed E-state index contributed by atoms with van der Waals surface area (Å²) in [7, 11) is 0. The molecule has 2 heterocycles. The molecule has 2 aliphatic heterocycles. The SMILES string of the molecule is C=Cc1cc2c(c(C(F)(F)F)c1)COC1CN(C(=O)OC(C)(C)C)CC21. The number of ether oxygens (including phenoxy) is 2. The zero-order valence-electron chi connectivity index (χ0n) is 15.0. The molecule has 2 unspecified atom stereocenters. The minimum Gasteiger partial charge on any atom is -0.444 e. The van der Waals surface area contributed by atoms with E-state index in [4.69, 9.17) is 9.47 Å². The van der Waals surface area contributed by atoms with Crippen LogP contribution in [0.1, 0.15) is 48.9 Å². The highest BCUT2D eigenvalue weighted by atomic mass is 19.4. The van der Waals surface area contributed by atoms with Gasteiger partial charge in [0.05, 0.1) is 24.8 Å². The van der Waals surface area contributed by atoms with Gasteiger partial charge in [-0.3, -0.25) is 0 Å². The number of carbonyl (C=O) groups excluding carboxylic acids is 1. The molecule has 7 heteroatoms. The highest BCUT2D eigenvalue weighted by molar-refractivity contribution is 5.69. The van der Waals surface area contributed by atoms with Gasteiger partial charge in [-0.2, -0.15) is 13.2 Å². The van der Waals surface area contributed by atoms with Gasteiger partial charge in [0.15, 0.2) is 0 Å². The number of fused-ring (bicyclic) bond motifs is 3. The van der Waals surface area contributed by atoms with Crippen LogP contribution in [0.3, 0.4) is 0 Å². The lowest BCUT2D eigenvalue weighted by molar-refractivity contribution is -0.139. The van der Waals surface area contributed by atoms with Gasteiger partial charge in [-0.05, 0) is 43.5 Å². The Bertz CT molecular complexity index is 737. The number of alkyl halides is 3. The molecule has 1 fully saturated rings. The Balaban J connectivity index is 1.94. The highest BCUT2D eigenvalue weighted by Crippen LogP contribution is 2.43. The number of carbonyl (C=O) groups is 1. The molecule has 2 aliphatic rings. The maximum Gasteiger partial charge on any atom is 0.416 e. The van der Waals surface area contributed by atoms with Crippen molar-refractivity contribution in [2.45, 2.75) is 51.2 Å². The predicted molar refractivity (Wildman–Crippen MR) is 90.7 cm³/mol. The van der Waals surface area contributed by atoms with Crippen molar-refractivity contribution in [3.05, 3.63) is 41.0 Å². The fraction of sp³-hybridized carbons (Fsp3) is 0.526. The second-order valence-corrected chi connectivity index (χ2v) is 7.68. The maximum atomic E-state index is 13.5.